The number of rotatable bonds is 6. The van der Waals surface area contributed by atoms with Gasteiger partial charge in [0.2, 0.25) is 11.2 Å². The van der Waals surface area contributed by atoms with Crippen LogP contribution in [0.15, 0.2) is 82.2 Å². The average Bonchev–Trinajstić information content (AvgIpc) is 2.81. The molecule has 0 spiro atoms. The molecule has 4 rings (SSSR count). The molecule has 3 aromatic carbocycles. The number of hydrogen-bond acceptors (Lipinski definition) is 7. The molecule has 1 heterocycles. The van der Waals surface area contributed by atoms with Crippen LogP contribution < -0.4 is 24.4 Å². The van der Waals surface area contributed by atoms with Crippen molar-refractivity contribution in [1.29, 1.82) is 0 Å². The molecule has 0 saturated carbocycles. The van der Waals surface area contributed by atoms with E-state index in [1.54, 1.807) is 55.6 Å². The fraction of sp³-hybridized carbons (Fsp3) is 0.0833. The van der Waals surface area contributed by atoms with Crippen molar-refractivity contribution in [3.8, 4) is 28.7 Å². The Bertz CT molecular complexity index is 1290. The molecule has 0 unspecified atom stereocenters. The van der Waals surface area contributed by atoms with Crippen molar-refractivity contribution in [2.75, 3.05) is 14.2 Å². The summed E-state index contributed by atoms with van der Waals surface area (Å²) in [5.41, 5.74) is 0.259. The molecule has 0 radical (unpaired) electrons. The lowest BCUT2D eigenvalue weighted by Gasteiger charge is -2.08. The summed E-state index contributed by atoms with van der Waals surface area (Å²) in [6.07, 6.45) is 1.22. The van der Waals surface area contributed by atoms with Gasteiger partial charge in [0.1, 0.15) is 34.8 Å². The lowest BCUT2D eigenvalue weighted by Crippen LogP contribution is -2.09. The van der Waals surface area contributed by atoms with Gasteiger partial charge in [-0.25, -0.2) is 4.79 Å². The number of carbonyl (C=O) groups excluding carboxylic acids is 1. The molecule has 0 N–H and O–H groups in total. The highest BCUT2D eigenvalue weighted by atomic mass is 16.5. The highest BCUT2D eigenvalue weighted by molar-refractivity contribution is 5.92. The molecular weight excluding hydrogens is 400 g/mol. The number of carbonyl (C=O) groups is 1. The highest BCUT2D eigenvalue weighted by Gasteiger charge is 2.13. The normalized spacial score (nSPS) is 10.5. The van der Waals surface area contributed by atoms with Gasteiger partial charge in [-0.1, -0.05) is 6.07 Å². The number of fused-ring (bicyclic) bond motifs is 1. The summed E-state index contributed by atoms with van der Waals surface area (Å²) in [7, 11) is 3.08. The van der Waals surface area contributed by atoms with Crippen molar-refractivity contribution in [3.05, 3.63) is 88.8 Å². The van der Waals surface area contributed by atoms with Gasteiger partial charge in [-0.05, 0) is 54.6 Å². The molecule has 156 valence electrons. The van der Waals surface area contributed by atoms with Gasteiger partial charge in [0.25, 0.3) is 0 Å². The van der Waals surface area contributed by atoms with Crippen LogP contribution in [0, 0.1) is 0 Å². The fourth-order valence-corrected chi connectivity index (χ4v) is 2.91. The Balaban J connectivity index is 1.56. The van der Waals surface area contributed by atoms with Gasteiger partial charge in [0, 0.05) is 6.07 Å². The van der Waals surface area contributed by atoms with Gasteiger partial charge in [-0.3, -0.25) is 4.79 Å². The summed E-state index contributed by atoms with van der Waals surface area (Å²) in [5, 5.41) is 0.298. The van der Waals surface area contributed by atoms with Crippen LogP contribution in [0.3, 0.4) is 0 Å². The Hall–Kier alpha value is -4.26. The Kier molecular flexibility index (Phi) is 5.57. The van der Waals surface area contributed by atoms with Crippen LogP contribution in [-0.4, -0.2) is 20.2 Å². The zero-order chi connectivity index (χ0) is 21.8. The predicted molar refractivity (Wildman–Crippen MR) is 114 cm³/mol. The second kappa shape index (κ2) is 8.62. The molecule has 0 amide bonds. The molecule has 31 heavy (non-hydrogen) atoms. The van der Waals surface area contributed by atoms with Crippen LogP contribution in [0.1, 0.15) is 10.4 Å². The minimum absolute atomic E-state index is 0.0405. The third kappa shape index (κ3) is 4.35. The van der Waals surface area contributed by atoms with Crippen molar-refractivity contribution >= 4 is 16.9 Å². The standard InChI is InChI=1S/C24H18O7/c1-27-16-6-8-17(9-7-16)30-22-14-29-21-13-19(10-11-20(21)23(22)25)31-24(26)15-4-3-5-18(12-15)28-2/h3-14H,1-2H3. The second-order valence-electron chi connectivity index (χ2n) is 6.49. The van der Waals surface area contributed by atoms with Gasteiger partial charge < -0.3 is 23.4 Å². The average molecular weight is 418 g/mol. The number of ether oxygens (including phenoxy) is 4. The van der Waals surface area contributed by atoms with E-state index in [4.69, 9.17) is 23.4 Å². The molecule has 0 atom stereocenters. The van der Waals surface area contributed by atoms with Crippen molar-refractivity contribution < 1.29 is 28.2 Å². The second-order valence-corrected chi connectivity index (χ2v) is 6.49. The SMILES string of the molecule is COc1ccc(Oc2coc3cc(OC(=O)c4cccc(OC)c4)ccc3c2=O)cc1. The Morgan fingerprint density at radius 2 is 1.52 bits per heavy atom. The number of methoxy groups -OCH3 is 2. The summed E-state index contributed by atoms with van der Waals surface area (Å²) < 4.78 is 26.8. The zero-order valence-corrected chi connectivity index (χ0v) is 16.8. The maximum atomic E-state index is 12.8. The lowest BCUT2D eigenvalue weighted by atomic mass is 10.2. The molecule has 0 aliphatic carbocycles. The van der Waals surface area contributed by atoms with E-state index in [0.29, 0.717) is 28.2 Å². The minimum atomic E-state index is -0.556. The van der Waals surface area contributed by atoms with Gasteiger partial charge >= 0.3 is 5.97 Å². The van der Waals surface area contributed by atoms with Gasteiger partial charge in [-0.2, -0.15) is 0 Å². The molecule has 4 aromatic rings. The maximum absolute atomic E-state index is 12.8. The van der Waals surface area contributed by atoms with E-state index >= 15 is 0 Å². The zero-order valence-electron chi connectivity index (χ0n) is 16.8. The van der Waals surface area contributed by atoms with Gasteiger partial charge in [0.15, 0.2) is 0 Å². The van der Waals surface area contributed by atoms with Gasteiger partial charge in [0.05, 0.1) is 25.2 Å². The molecule has 0 aliphatic heterocycles. The van der Waals surface area contributed by atoms with Crippen LogP contribution in [0.4, 0.5) is 0 Å². The summed E-state index contributed by atoms with van der Waals surface area (Å²) in [5.74, 6) is 1.42. The number of esters is 1. The largest absolute Gasteiger partial charge is 0.497 e. The number of benzene rings is 3. The molecule has 1 aromatic heterocycles. The van der Waals surface area contributed by atoms with E-state index in [-0.39, 0.29) is 22.5 Å². The van der Waals surface area contributed by atoms with Crippen LogP contribution in [-0.2, 0) is 0 Å². The fourth-order valence-electron chi connectivity index (χ4n) is 2.91. The molecular formula is C24H18O7. The predicted octanol–water partition coefficient (Wildman–Crippen LogP) is 4.82. The van der Waals surface area contributed by atoms with Crippen LogP contribution in [0.2, 0.25) is 0 Å². The Labute approximate surface area is 177 Å². The van der Waals surface area contributed by atoms with E-state index in [1.807, 2.05) is 0 Å². The quantitative estimate of drug-likeness (QED) is 0.328. The van der Waals surface area contributed by atoms with Crippen LogP contribution >= 0.6 is 0 Å². The first-order chi connectivity index (χ1) is 15.1. The molecule has 0 bridgehead atoms. The third-order valence-electron chi connectivity index (χ3n) is 4.52. The summed E-state index contributed by atoms with van der Waals surface area (Å²) in [4.78, 5) is 25.1. The maximum Gasteiger partial charge on any atom is 0.343 e. The lowest BCUT2D eigenvalue weighted by molar-refractivity contribution is 0.0734. The third-order valence-corrected chi connectivity index (χ3v) is 4.52. The van der Waals surface area contributed by atoms with Crippen molar-refractivity contribution in [2.45, 2.75) is 0 Å². The summed E-state index contributed by atoms with van der Waals surface area (Å²) >= 11 is 0. The summed E-state index contributed by atoms with van der Waals surface area (Å²) in [6.45, 7) is 0. The monoisotopic (exact) mass is 418 g/mol. The van der Waals surface area contributed by atoms with E-state index in [0.717, 1.165) is 0 Å². The van der Waals surface area contributed by atoms with Crippen molar-refractivity contribution in [1.82, 2.24) is 0 Å². The number of hydrogen-bond donors (Lipinski definition) is 0. The van der Waals surface area contributed by atoms with E-state index < -0.39 is 5.97 Å². The first-order valence-electron chi connectivity index (χ1n) is 9.31. The van der Waals surface area contributed by atoms with E-state index in [1.165, 1.54) is 31.6 Å². The van der Waals surface area contributed by atoms with E-state index in [2.05, 4.69) is 0 Å². The van der Waals surface area contributed by atoms with Gasteiger partial charge in [-0.15, -0.1) is 0 Å². The smallest absolute Gasteiger partial charge is 0.343 e. The molecule has 7 nitrogen and oxygen atoms in total. The van der Waals surface area contributed by atoms with Crippen molar-refractivity contribution in [3.63, 3.8) is 0 Å². The highest BCUT2D eigenvalue weighted by Crippen LogP contribution is 2.26. The molecule has 7 heteroatoms. The van der Waals surface area contributed by atoms with E-state index in [9.17, 15) is 9.59 Å². The van der Waals surface area contributed by atoms with Crippen LogP contribution in [0.25, 0.3) is 11.0 Å². The molecule has 0 fully saturated rings. The summed E-state index contributed by atoms with van der Waals surface area (Å²) in [6, 6.07) is 18.0. The molecule has 0 aliphatic rings. The topological polar surface area (TPSA) is 84.2 Å². The van der Waals surface area contributed by atoms with Crippen LogP contribution in [0.5, 0.6) is 28.7 Å². The Morgan fingerprint density at radius 1 is 0.806 bits per heavy atom. The first-order valence-corrected chi connectivity index (χ1v) is 9.31. The first kappa shape index (κ1) is 20.0. The minimum Gasteiger partial charge on any atom is -0.497 e. The Morgan fingerprint density at radius 3 is 2.26 bits per heavy atom. The molecule has 0 saturated heterocycles. The van der Waals surface area contributed by atoms with Crippen molar-refractivity contribution in [2.24, 2.45) is 0 Å².